The Morgan fingerprint density at radius 2 is 1.82 bits per heavy atom. The van der Waals surface area contributed by atoms with E-state index in [4.69, 9.17) is 21.1 Å². The lowest BCUT2D eigenvalue weighted by molar-refractivity contribution is -0.133. The standard InChI is InChI=1S/C34H42ClFN4O4/c1-21-8-10-25(11-9-21)44-20-24-14-23(39-17-26(18-39)43-3)16-40(24)33(41)13-22-12-29(35)31(15-30(22)36)37-34(42)28-19-38(2)32-7-5-4-6-27(28)32/h4-7,12,15,19,21,23-26H,8-11,13-14,16-18,20H2,1-3H3,(H,37,42)/t21-,23-,24-,25-/m0/s1. The van der Waals surface area contributed by atoms with Crippen molar-refractivity contribution in [2.75, 3.05) is 38.7 Å². The van der Waals surface area contributed by atoms with Crippen LogP contribution < -0.4 is 5.32 Å². The van der Waals surface area contributed by atoms with E-state index in [2.05, 4.69) is 17.1 Å². The maximum Gasteiger partial charge on any atom is 0.257 e. The van der Waals surface area contributed by atoms with Crippen molar-refractivity contribution in [1.82, 2.24) is 14.4 Å². The highest BCUT2D eigenvalue weighted by atomic mass is 35.5. The topological polar surface area (TPSA) is 76.0 Å². The molecule has 1 aliphatic carbocycles. The normalized spacial score (nSPS) is 24.5. The highest BCUT2D eigenvalue weighted by Crippen LogP contribution is 2.32. The van der Waals surface area contributed by atoms with Crippen LogP contribution in [0.4, 0.5) is 10.1 Å². The number of hydrogen-bond acceptors (Lipinski definition) is 5. The minimum Gasteiger partial charge on any atom is -0.379 e. The summed E-state index contributed by atoms with van der Waals surface area (Å²) in [6.07, 6.45) is 7.37. The Balaban J connectivity index is 1.13. The molecule has 1 N–H and O–H groups in total. The quantitative estimate of drug-likeness (QED) is 0.333. The van der Waals surface area contributed by atoms with E-state index in [0.717, 1.165) is 49.2 Å². The molecular formula is C34H42ClFN4O4. The first-order valence-corrected chi connectivity index (χ1v) is 16.1. The first kappa shape index (κ1) is 31.0. The van der Waals surface area contributed by atoms with Crippen molar-refractivity contribution in [3.63, 3.8) is 0 Å². The van der Waals surface area contributed by atoms with E-state index in [1.165, 1.54) is 25.0 Å². The highest BCUT2D eigenvalue weighted by Gasteiger charge is 2.42. The van der Waals surface area contributed by atoms with Crippen LogP contribution in [0, 0.1) is 11.7 Å². The second-order valence-corrected chi connectivity index (χ2v) is 13.2. The fraction of sp³-hybridized carbons (Fsp3) is 0.529. The predicted octanol–water partition coefficient (Wildman–Crippen LogP) is 5.66. The minimum atomic E-state index is -0.582. The molecule has 0 spiro atoms. The van der Waals surface area contributed by atoms with Crippen LogP contribution in [0.5, 0.6) is 0 Å². The van der Waals surface area contributed by atoms with Gasteiger partial charge >= 0.3 is 0 Å². The van der Waals surface area contributed by atoms with Crippen molar-refractivity contribution in [2.24, 2.45) is 13.0 Å². The Morgan fingerprint density at radius 3 is 2.57 bits per heavy atom. The Bertz CT molecular complexity index is 1510. The fourth-order valence-corrected chi connectivity index (χ4v) is 7.21. The number of anilines is 1. The third kappa shape index (κ3) is 6.52. The summed E-state index contributed by atoms with van der Waals surface area (Å²) in [6, 6.07) is 10.4. The van der Waals surface area contributed by atoms with Crippen LogP contribution in [0.15, 0.2) is 42.6 Å². The lowest BCUT2D eigenvalue weighted by Gasteiger charge is -2.42. The molecule has 236 valence electrons. The Kier molecular flexibility index (Phi) is 9.29. The van der Waals surface area contributed by atoms with E-state index in [1.54, 1.807) is 13.3 Å². The van der Waals surface area contributed by atoms with Crippen LogP contribution in [0.25, 0.3) is 10.9 Å². The Morgan fingerprint density at radius 1 is 1.07 bits per heavy atom. The number of rotatable bonds is 9. The molecule has 1 saturated carbocycles. The van der Waals surface area contributed by atoms with Gasteiger partial charge in [0.15, 0.2) is 0 Å². The van der Waals surface area contributed by atoms with Crippen molar-refractivity contribution in [2.45, 2.75) is 69.7 Å². The first-order chi connectivity index (χ1) is 21.2. The van der Waals surface area contributed by atoms with Gasteiger partial charge in [-0.3, -0.25) is 14.5 Å². The molecule has 3 heterocycles. The highest BCUT2D eigenvalue weighted by molar-refractivity contribution is 6.34. The van der Waals surface area contributed by atoms with E-state index in [1.807, 2.05) is 40.8 Å². The van der Waals surface area contributed by atoms with Crippen LogP contribution in [0.2, 0.25) is 5.02 Å². The van der Waals surface area contributed by atoms with Gasteiger partial charge in [-0.05, 0) is 61.8 Å². The third-order valence-corrected chi connectivity index (χ3v) is 10.1. The number of likely N-dealkylation sites (tertiary alicyclic amines) is 2. The molecule has 2 amide bonds. The van der Waals surface area contributed by atoms with E-state index in [9.17, 15) is 9.59 Å². The minimum absolute atomic E-state index is 0.0637. The summed E-state index contributed by atoms with van der Waals surface area (Å²) in [5.41, 5.74) is 1.75. The van der Waals surface area contributed by atoms with Crippen molar-refractivity contribution in [3.05, 3.63) is 64.6 Å². The molecule has 2 aromatic carbocycles. The molecule has 0 radical (unpaired) electrons. The molecule has 0 unspecified atom stereocenters. The number of nitrogens with one attached hydrogen (secondary N) is 1. The number of carbonyl (C=O) groups excluding carboxylic acids is 2. The Hall–Kier alpha value is -2.98. The molecule has 2 atom stereocenters. The maximum atomic E-state index is 15.4. The summed E-state index contributed by atoms with van der Waals surface area (Å²) in [7, 11) is 3.60. The van der Waals surface area contributed by atoms with E-state index < -0.39 is 5.82 Å². The van der Waals surface area contributed by atoms with Gasteiger partial charge in [0.25, 0.3) is 5.91 Å². The van der Waals surface area contributed by atoms with Crippen LogP contribution in [-0.2, 0) is 27.7 Å². The van der Waals surface area contributed by atoms with Gasteiger partial charge in [0.1, 0.15) is 5.82 Å². The predicted molar refractivity (Wildman–Crippen MR) is 170 cm³/mol. The molecule has 2 saturated heterocycles. The summed E-state index contributed by atoms with van der Waals surface area (Å²) in [5, 5.41) is 3.73. The summed E-state index contributed by atoms with van der Waals surface area (Å²) in [5.74, 6) is -0.373. The zero-order valence-corrected chi connectivity index (χ0v) is 26.5. The lowest BCUT2D eigenvalue weighted by atomic mass is 9.89. The van der Waals surface area contributed by atoms with Gasteiger partial charge in [0, 0.05) is 56.9 Å². The smallest absolute Gasteiger partial charge is 0.257 e. The molecule has 3 aliphatic rings. The molecule has 44 heavy (non-hydrogen) atoms. The first-order valence-electron chi connectivity index (χ1n) is 15.7. The molecular weight excluding hydrogens is 583 g/mol. The summed E-state index contributed by atoms with van der Waals surface area (Å²) in [6.45, 7) is 5.07. The second kappa shape index (κ2) is 13.2. The molecule has 8 nitrogen and oxygen atoms in total. The average Bonchev–Trinajstić information content (AvgIpc) is 3.56. The van der Waals surface area contributed by atoms with Gasteiger partial charge in [-0.1, -0.05) is 36.7 Å². The van der Waals surface area contributed by atoms with Gasteiger partial charge in [0.05, 0.1) is 47.6 Å². The number of ether oxygens (including phenoxy) is 2. The van der Waals surface area contributed by atoms with Gasteiger partial charge in [0.2, 0.25) is 5.91 Å². The van der Waals surface area contributed by atoms with Crippen molar-refractivity contribution in [1.29, 1.82) is 0 Å². The molecule has 2 aliphatic heterocycles. The largest absolute Gasteiger partial charge is 0.379 e. The molecule has 10 heteroatoms. The van der Waals surface area contributed by atoms with Crippen molar-refractivity contribution in [3.8, 4) is 0 Å². The van der Waals surface area contributed by atoms with Crippen LogP contribution >= 0.6 is 11.6 Å². The Labute approximate surface area is 263 Å². The van der Waals surface area contributed by atoms with Gasteiger partial charge in [-0.15, -0.1) is 0 Å². The van der Waals surface area contributed by atoms with E-state index in [0.29, 0.717) is 18.7 Å². The zero-order chi connectivity index (χ0) is 31.0. The number of aryl methyl sites for hydroxylation is 1. The number of halogens is 2. The number of benzene rings is 2. The van der Waals surface area contributed by atoms with E-state index in [-0.39, 0.29) is 58.8 Å². The summed E-state index contributed by atoms with van der Waals surface area (Å²) >= 11 is 6.54. The van der Waals surface area contributed by atoms with Gasteiger partial charge in [-0.25, -0.2) is 4.39 Å². The maximum absolute atomic E-state index is 15.4. The van der Waals surface area contributed by atoms with Crippen molar-refractivity contribution >= 4 is 40.0 Å². The number of para-hydroxylation sites is 1. The molecule has 3 aromatic rings. The van der Waals surface area contributed by atoms with Crippen LogP contribution in [0.1, 0.15) is 54.9 Å². The second-order valence-electron chi connectivity index (χ2n) is 12.8. The molecule has 3 fully saturated rings. The van der Waals surface area contributed by atoms with Gasteiger partial charge < -0.3 is 24.3 Å². The molecule has 0 bridgehead atoms. The molecule has 1 aromatic heterocycles. The molecule has 6 rings (SSSR count). The average molecular weight is 625 g/mol. The fourth-order valence-electron chi connectivity index (χ4n) is 6.98. The number of aromatic nitrogens is 1. The van der Waals surface area contributed by atoms with E-state index >= 15 is 4.39 Å². The third-order valence-electron chi connectivity index (χ3n) is 9.79. The number of fused-ring (bicyclic) bond motifs is 1. The number of carbonyl (C=O) groups is 2. The lowest BCUT2D eigenvalue weighted by Crippen LogP contribution is -2.56. The number of methoxy groups -OCH3 is 1. The monoisotopic (exact) mass is 624 g/mol. The summed E-state index contributed by atoms with van der Waals surface area (Å²) in [4.78, 5) is 31.1. The SMILES string of the molecule is COC1CN([C@H]2C[C@@H](CO[C@H]3CC[C@H](C)CC3)N(C(=O)Cc3cc(Cl)c(NC(=O)c4cn(C)c5ccccc45)cc3F)C2)C1. The summed E-state index contributed by atoms with van der Waals surface area (Å²) < 4.78 is 29.1. The number of nitrogens with zero attached hydrogens (tertiary/aromatic N) is 3. The van der Waals surface area contributed by atoms with Crippen LogP contribution in [0.3, 0.4) is 0 Å². The van der Waals surface area contributed by atoms with Crippen LogP contribution in [-0.4, -0.2) is 83.8 Å². The van der Waals surface area contributed by atoms with Crippen molar-refractivity contribution < 1.29 is 23.5 Å². The zero-order valence-electron chi connectivity index (χ0n) is 25.7. The van der Waals surface area contributed by atoms with Gasteiger partial charge in [-0.2, -0.15) is 0 Å². The number of hydrogen-bond donors (Lipinski definition) is 1. The number of amides is 2.